The Morgan fingerprint density at radius 1 is 1.50 bits per heavy atom. The lowest BCUT2D eigenvalue weighted by molar-refractivity contribution is 0.285. The average Bonchev–Trinajstić information content (AvgIpc) is 3.10. The summed E-state index contributed by atoms with van der Waals surface area (Å²) in [5.74, 6) is 1.70. The third-order valence-electron chi connectivity index (χ3n) is 3.24. The van der Waals surface area contributed by atoms with Gasteiger partial charge in [-0.1, -0.05) is 0 Å². The molecular weight excluding hydrogens is 232 g/mol. The minimum atomic E-state index is 0.444. The van der Waals surface area contributed by atoms with Gasteiger partial charge in [0.05, 0.1) is 12.8 Å². The molecule has 1 N–H and O–H groups in total. The van der Waals surface area contributed by atoms with Crippen molar-refractivity contribution >= 4 is 0 Å². The highest BCUT2D eigenvalue weighted by Gasteiger charge is 2.22. The standard InChI is InChI=1S/C12H16N4O2/c1-13-9-4-5-16(7-9)8-11-14-15-12(18-11)10-3-2-6-17-10/h2-3,6,9,13H,4-5,7-8H2,1H3. The second-order valence-electron chi connectivity index (χ2n) is 4.49. The normalized spacial score (nSPS) is 20.6. The van der Waals surface area contributed by atoms with E-state index in [1.807, 2.05) is 13.1 Å². The monoisotopic (exact) mass is 248 g/mol. The molecule has 0 amide bonds. The Labute approximate surface area is 105 Å². The number of furan rings is 1. The van der Waals surface area contributed by atoms with E-state index in [0.717, 1.165) is 19.5 Å². The van der Waals surface area contributed by atoms with Crippen molar-refractivity contribution in [2.75, 3.05) is 20.1 Å². The van der Waals surface area contributed by atoms with Gasteiger partial charge in [0.1, 0.15) is 0 Å². The third-order valence-corrected chi connectivity index (χ3v) is 3.24. The van der Waals surface area contributed by atoms with Gasteiger partial charge in [0, 0.05) is 19.1 Å². The minimum absolute atomic E-state index is 0.444. The van der Waals surface area contributed by atoms with Gasteiger partial charge < -0.3 is 14.2 Å². The van der Waals surface area contributed by atoms with Gasteiger partial charge >= 0.3 is 0 Å². The molecule has 3 rings (SSSR count). The van der Waals surface area contributed by atoms with Crippen LogP contribution in [0.1, 0.15) is 12.3 Å². The molecular formula is C12H16N4O2. The van der Waals surface area contributed by atoms with E-state index in [1.165, 1.54) is 0 Å². The average molecular weight is 248 g/mol. The molecule has 2 aromatic rings. The Hall–Kier alpha value is -1.66. The highest BCUT2D eigenvalue weighted by atomic mass is 16.4. The second-order valence-corrected chi connectivity index (χ2v) is 4.49. The zero-order chi connectivity index (χ0) is 12.4. The van der Waals surface area contributed by atoms with Crippen molar-refractivity contribution in [3.63, 3.8) is 0 Å². The predicted molar refractivity (Wildman–Crippen MR) is 64.7 cm³/mol. The summed E-state index contributed by atoms with van der Waals surface area (Å²) in [6.45, 7) is 2.78. The summed E-state index contributed by atoms with van der Waals surface area (Å²) in [7, 11) is 2.00. The van der Waals surface area contributed by atoms with E-state index in [0.29, 0.717) is 30.1 Å². The maximum Gasteiger partial charge on any atom is 0.283 e. The Morgan fingerprint density at radius 2 is 2.44 bits per heavy atom. The van der Waals surface area contributed by atoms with Crippen LogP contribution in [-0.4, -0.2) is 41.3 Å². The first-order chi connectivity index (χ1) is 8.85. The smallest absolute Gasteiger partial charge is 0.283 e. The van der Waals surface area contributed by atoms with Crippen LogP contribution in [0.25, 0.3) is 11.7 Å². The highest BCUT2D eigenvalue weighted by molar-refractivity contribution is 5.42. The lowest BCUT2D eigenvalue weighted by atomic mass is 10.3. The van der Waals surface area contributed by atoms with Crippen LogP contribution in [0.5, 0.6) is 0 Å². The zero-order valence-electron chi connectivity index (χ0n) is 10.3. The van der Waals surface area contributed by atoms with Gasteiger partial charge in [0.25, 0.3) is 5.89 Å². The van der Waals surface area contributed by atoms with Crippen LogP contribution in [0.3, 0.4) is 0 Å². The molecule has 96 valence electrons. The fourth-order valence-corrected chi connectivity index (χ4v) is 2.22. The number of likely N-dealkylation sites (N-methyl/N-ethyl adjacent to an activating group) is 1. The van der Waals surface area contributed by atoms with Gasteiger partial charge in [0.2, 0.25) is 5.89 Å². The number of hydrogen-bond acceptors (Lipinski definition) is 6. The molecule has 1 aliphatic rings. The van der Waals surface area contributed by atoms with Crippen molar-refractivity contribution in [3.05, 3.63) is 24.3 Å². The van der Waals surface area contributed by atoms with E-state index >= 15 is 0 Å². The number of nitrogens with one attached hydrogen (secondary N) is 1. The Bertz CT molecular complexity index is 494. The molecule has 18 heavy (non-hydrogen) atoms. The van der Waals surface area contributed by atoms with Crippen LogP contribution in [0.15, 0.2) is 27.2 Å². The summed E-state index contributed by atoms with van der Waals surface area (Å²) in [6, 6.07) is 4.18. The molecule has 2 aromatic heterocycles. The summed E-state index contributed by atoms with van der Waals surface area (Å²) in [5.41, 5.74) is 0. The molecule has 3 heterocycles. The molecule has 0 aliphatic carbocycles. The fraction of sp³-hybridized carbons (Fsp3) is 0.500. The van der Waals surface area contributed by atoms with E-state index in [1.54, 1.807) is 12.3 Å². The van der Waals surface area contributed by atoms with Gasteiger partial charge in [-0.3, -0.25) is 4.90 Å². The summed E-state index contributed by atoms with van der Waals surface area (Å²) in [6.07, 6.45) is 2.76. The molecule has 0 bridgehead atoms. The van der Waals surface area contributed by atoms with E-state index < -0.39 is 0 Å². The molecule has 0 spiro atoms. The maximum atomic E-state index is 5.58. The van der Waals surface area contributed by atoms with E-state index in [9.17, 15) is 0 Å². The first kappa shape index (κ1) is 11.4. The summed E-state index contributed by atoms with van der Waals surface area (Å²) < 4.78 is 10.8. The van der Waals surface area contributed by atoms with Crippen molar-refractivity contribution in [2.45, 2.75) is 19.0 Å². The van der Waals surface area contributed by atoms with Crippen molar-refractivity contribution in [1.82, 2.24) is 20.4 Å². The van der Waals surface area contributed by atoms with Gasteiger partial charge in [-0.25, -0.2) is 0 Å². The van der Waals surface area contributed by atoms with Crippen LogP contribution < -0.4 is 5.32 Å². The number of aromatic nitrogens is 2. The molecule has 1 atom stereocenters. The Morgan fingerprint density at radius 3 is 3.17 bits per heavy atom. The number of rotatable bonds is 4. The topological polar surface area (TPSA) is 67.3 Å². The van der Waals surface area contributed by atoms with Crippen molar-refractivity contribution in [1.29, 1.82) is 0 Å². The van der Waals surface area contributed by atoms with E-state index in [-0.39, 0.29) is 0 Å². The second kappa shape index (κ2) is 4.91. The van der Waals surface area contributed by atoms with Gasteiger partial charge in [-0.2, -0.15) is 0 Å². The number of nitrogens with zero attached hydrogens (tertiary/aromatic N) is 3. The molecule has 1 saturated heterocycles. The Balaban J connectivity index is 1.64. The molecule has 0 saturated carbocycles. The first-order valence-corrected chi connectivity index (χ1v) is 6.11. The molecule has 6 heteroatoms. The maximum absolute atomic E-state index is 5.58. The molecule has 0 radical (unpaired) electrons. The fourth-order valence-electron chi connectivity index (χ4n) is 2.22. The van der Waals surface area contributed by atoms with E-state index in [4.69, 9.17) is 8.83 Å². The lowest BCUT2D eigenvalue weighted by Gasteiger charge is -2.12. The Kier molecular flexibility index (Phi) is 3.12. The first-order valence-electron chi connectivity index (χ1n) is 6.11. The van der Waals surface area contributed by atoms with Crippen molar-refractivity contribution in [3.8, 4) is 11.7 Å². The number of likely N-dealkylation sites (tertiary alicyclic amines) is 1. The molecule has 6 nitrogen and oxygen atoms in total. The van der Waals surface area contributed by atoms with Gasteiger partial charge in [0.15, 0.2) is 5.76 Å². The lowest BCUT2D eigenvalue weighted by Crippen LogP contribution is -2.29. The summed E-state index contributed by atoms with van der Waals surface area (Å²) in [5, 5.41) is 11.3. The largest absolute Gasteiger partial charge is 0.459 e. The van der Waals surface area contributed by atoms with Crippen LogP contribution in [0.4, 0.5) is 0 Å². The van der Waals surface area contributed by atoms with Crippen LogP contribution >= 0.6 is 0 Å². The highest BCUT2D eigenvalue weighted by Crippen LogP contribution is 2.19. The quantitative estimate of drug-likeness (QED) is 0.874. The molecule has 1 aliphatic heterocycles. The van der Waals surface area contributed by atoms with Crippen molar-refractivity contribution < 1.29 is 8.83 Å². The SMILES string of the molecule is CNC1CCN(Cc2nnc(-c3ccco3)o2)C1. The molecule has 1 fully saturated rings. The summed E-state index contributed by atoms with van der Waals surface area (Å²) >= 11 is 0. The van der Waals surface area contributed by atoms with Gasteiger partial charge in [-0.15, -0.1) is 10.2 Å². The molecule has 1 unspecified atom stereocenters. The van der Waals surface area contributed by atoms with Crippen LogP contribution in [0, 0.1) is 0 Å². The number of hydrogen-bond donors (Lipinski definition) is 1. The van der Waals surface area contributed by atoms with Gasteiger partial charge in [-0.05, 0) is 25.6 Å². The minimum Gasteiger partial charge on any atom is -0.459 e. The summed E-state index contributed by atoms with van der Waals surface area (Å²) in [4.78, 5) is 2.31. The van der Waals surface area contributed by atoms with Crippen LogP contribution in [-0.2, 0) is 6.54 Å². The zero-order valence-corrected chi connectivity index (χ0v) is 10.3. The van der Waals surface area contributed by atoms with Crippen molar-refractivity contribution in [2.24, 2.45) is 0 Å². The van der Waals surface area contributed by atoms with Crippen LogP contribution in [0.2, 0.25) is 0 Å². The molecule has 0 aromatic carbocycles. The third kappa shape index (κ3) is 2.30. The van der Waals surface area contributed by atoms with E-state index in [2.05, 4.69) is 20.4 Å². The predicted octanol–water partition coefficient (Wildman–Crippen LogP) is 1.12.